The molecule has 0 aliphatic carbocycles. The van der Waals surface area contributed by atoms with Crippen LogP contribution in [0.25, 0.3) is 0 Å². The fourth-order valence-corrected chi connectivity index (χ4v) is 0.807. The van der Waals surface area contributed by atoms with Crippen LogP contribution < -0.4 is 16.5 Å². The molecule has 14 heavy (non-hydrogen) atoms. The van der Waals surface area contributed by atoms with E-state index in [0.717, 1.165) is 0 Å². The van der Waals surface area contributed by atoms with Crippen molar-refractivity contribution in [2.45, 2.75) is 12.0 Å². The zero-order valence-electron chi connectivity index (χ0n) is 7.05. The first kappa shape index (κ1) is 10.8. The minimum absolute atomic E-state index is 0.175. The zero-order chi connectivity index (χ0) is 10.8. The molecular formula is C6H9F2N3O3. The van der Waals surface area contributed by atoms with Crippen LogP contribution in [-0.2, 0) is 14.4 Å². The maximum absolute atomic E-state index is 12.6. The smallest absolute Gasteiger partial charge is 0.336 e. The summed E-state index contributed by atoms with van der Waals surface area (Å²) in [6.07, 6.45) is 0. The van der Waals surface area contributed by atoms with Crippen molar-refractivity contribution < 1.29 is 23.2 Å². The second-order valence-electron chi connectivity index (χ2n) is 2.71. The quantitative estimate of drug-likeness (QED) is 0.507. The molecule has 1 saturated heterocycles. The standard InChI is InChI=1S/C6H9F2N3O3/c7-6(8,2-9)5(13)10-3-1-14-11-4(3)12/h3H,1-2,9H2,(H,10,13)(H,11,12)/t3-/m1/s1. The number of rotatable bonds is 3. The molecule has 80 valence electrons. The SMILES string of the molecule is NCC(F)(F)C(=O)N[C@@H]1CONC1=O. The Bertz CT molecular complexity index is 259. The lowest BCUT2D eigenvalue weighted by atomic mass is 10.2. The van der Waals surface area contributed by atoms with Crippen molar-refractivity contribution in [3.8, 4) is 0 Å². The zero-order valence-corrected chi connectivity index (χ0v) is 7.05. The molecule has 0 aromatic rings. The van der Waals surface area contributed by atoms with Crippen molar-refractivity contribution in [1.82, 2.24) is 10.8 Å². The van der Waals surface area contributed by atoms with Gasteiger partial charge in [0.05, 0.1) is 6.54 Å². The minimum atomic E-state index is -3.66. The van der Waals surface area contributed by atoms with E-state index in [-0.39, 0.29) is 6.61 Å². The van der Waals surface area contributed by atoms with E-state index in [4.69, 9.17) is 0 Å². The van der Waals surface area contributed by atoms with Gasteiger partial charge in [0.1, 0.15) is 12.6 Å². The van der Waals surface area contributed by atoms with E-state index >= 15 is 0 Å². The molecule has 1 rings (SSSR count). The summed E-state index contributed by atoms with van der Waals surface area (Å²) in [5, 5.41) is 1.81. The molecule has 0 bridgehead atoms. The number of amides is 2. The Kier molecular flexibility index (Phi) is 2.96. The highest BCUT2D eigenvalue weighted by Gasteiger charge is 2.40. The summed E-state index contributed by atoms with van der Waals surface area (Å²) in [5.41, 5.74) is 6.59. The largest absolute Gasteiger partial charge is 0.337 e. The second kappa shape index (κ2) is 3.84. The summed E-state index contributed by atoms with van der Waals surface area (Å²) < 4.78 is 25.2. The first-order valence-corrected chi connectivity index (χ1v) is 3.78. The van der Waals surface area contributed by atoms with Crippen molar-refractivity contribution in [3.05, 3.63) is 0 Å². The summed E-state index contributed by atoms with van der Waals surface area (Å²) in [7, 11) is 0. The van der Waals surface area contributed by atoms with Gasteiger partial charge in [0.15, 0.2) is 0 Å². The van der Waals surface area contributed by atoms with Crippen LogP contribution in [0, 0.1) is 0 Å². The van der Waals surface area contributed by atoms with Crippen molar-refractivity contribution in [1.29, 1.82) is 0 Å². The molecule has 0 saturated carbocycles. The predicted molar refractivity (Wildman–Crippen MR) is 40.0 cm³/mol. The topological polar surface area (TPSA) is 93.5 Å². The van der Waals surface area contributed by atoms with Crippen LogP contribution in [0.2, 0.25) is 0 Å². The summed E-state index contributed by atoms with van der Waals surface area (Å²) in [5.74, 6) is -5.90. The fourth-order valence-electron chi connectivity index (χ4n) is 0.807. The van der Waals surface area contributed by atoms with Crippen LogP contribution in [0.15, 0.2) is 0 Å². The van der Waals surface area contributed by atoms with Gasteiger partial charge in [-0.15, -0.1) is 0 Å². The Morgan fingerprint density at radius 2 is 2.43 bits per heavy atom. The Morgan fingerprint density at radius 1 is 1.79 bits per heavy atom. The van der Waals surface area contributed by atoms with E-state index in [0.29, 0.717) is 0 Å². The normalized spacial score (nSPS) is 21.9. The maximum Gasteiger partial charge on any atom is 0.336 e. The van der Waals surface area contributed by atoms with E-state index in [1.165, 1.54) is 0 Å². The Hall–Kier alpha value is -1.28. The first-order chi connectivity index (χ1) is 6.47. The molecule has 1 fully saturated rings. The molecule has 2 amide bonds. The van der Waals surface area contributed by atoms with Gasteiger partial charge in [-0.2, -0.15) is 8.78 Å². The average molecular weight is 209 g/mol. The van der Waals surface area contributed by atoms with Crippen LogP contribution in [0.4, 0.5) is 8.78 Å². The van der Waals surface area contributed by atoms with Crippen molar-refractivity contribution in [2.75, 3.05) is 13.2 Å². The Morgan fingerprint density at radius 3 is 2.86 bits per heavy atom. The van der Waals surface area contributed by atoms with Crippen LogP contribution in [0.3, 0.4) is 0 Å². The number of hydrogen-bond donors (Lipinski definition) is 3. The highest BCUT2D eigenvalue weighted by Crippen LogP contribution is 2.11. The first-order valence-electron chi connectivity index (χ1n) is 3.78. The molecule has 1 aliphatic heterocycles. The van der Waals surface area contributed by atoms with E-state index < -0.39 is 30.3 Å². The van der Waals surface area contributed by atoms with E-state index in [1.54, 1.807) is 0 Å². The summed E-state index contributed by atoms with van der Waals surface area (Å²) >= 11 is 0. The molecule has 8 heteroatoms. The van der Waals surface area contributed by atoms with Gasteiger partial charge < -0.3 is 11.1 Å². The lowest BCUT2D eigenvalue weighted by Crippen LogP contribution is -2.51. The molecule has 1 aliphatic rings. The van der Waals surface area contributed by atoms with Crippen LogP contribution in [0.1, 0.15) is 0 Å². The number of carbonyl (C=O) groups excluding carboxylic acids is 2. The summed E-state index contributed by atoms with van der Waals surface area (Å²) in [6, 6.07) is -1.08. The predicted octanol–water partition coefficient (Wildman–Crippen LogP) is -1.87. The molecule has 0 radical (unpaired) electrons. The van der Waals surface area contributed by atoms with Gasteiger partial charge in [0.2, 0.25) is 0 Å². The lowest BCUT2D eigenvalue weighted by molar-refractivity contribution is -0.146. The Balaban J connectivity index is 2.52. The summed E-state index contributed by atoms with van der Waals surface area (Å²) in [6.45, 7) is -1.28. The molecular weight excluding hydrogens is 200 g/mol. The third-order valence-electron chi connectivity index (χ3n) is 1.63. The van der Waals surface area contributed by atoms with Gasteiger partial charge in [0.25, 0.3) is 11.8 Å². The molecule has 1 heterocycles. The van der Waals surface area contributed by atoms with Gasteiger partial charge >= 0.3 is 5.92 Å². The summed E-state index contributed by atoms with van der Waals surface area (Å²) in [4.78, 5) is 26.0. The number of hydroxylamine groups is 1. The monoisotopic (exact) mass is 209 g/mol. The van der Waals surface area contributed by atoms with Crippen LogP contribution in [-0.4, -0.2) is 36.9 Å². The van der Waals surface area contributed by atoms with Crippen LogP contribution >= 0.6 is 0 Å². The molecule has 0 spiro atoms. The van der Waals surface area contributed by atoms with Gasteiger partial charge in [-0.1, -0.05) is 0 Å². The van der Waals surface area contributed by atoms with Gasteiger partial charge in [-0.3, -0.25) is 14.4 Å². The molecule has 0 unspecified atom stereocenters. The van der Waals surface area contributed by atoms with Gasteiger partial charge in [-0.05, 0) is 0 Å². The highest BCUT2D eigenvalue weighted by atomic mass is 19.3. The van der Waals surface area contributed by atoms with E-state index in [2.05, 4.69) is 10.6 Å². The second-order valence-corrected chi connectivity index (χ2v) is 2.71. The lowest BCUT2D eigenvalue weighted by Gasteiger charge is -2.15. The number of hydrogen-bond acceptors (Lipinski definition) is 4. The Labute approximate surface area is 77.7 Å². The van der Waals surface area contributed by atoms with Crippen LogP contribution in [0.5, 0.6) is 0 Å². The maximum atomic E-state index is 12.6. The van der Waals surface area contributed by atoms with Gasteiger partial charge in [-0.25, -0.2) is 5.48 Å². The number of halogens is 2. The number of carbonyl (C=O) groups is 2. The number of nitrogens with one attached hydrogen (secondary N) is 2. The minimum Gasteiger partial charge on any atom is -0.337 e. The number of alkyl halides is 2. The third kappa shape index (κ3) is 2.15. The van der Waals surface area contributed by atoms with Gasteiger partial charge in [0, 0.05) is 0 Å². The number of nitrogens with two attached hydrogens (primary N) is 1. The third-order valence-corrected chi connectivity index (χ3v) is 1.63. The molecule has 1 atom stereocenters. The molecule has 6 nitrogen and oxygen atoms in total. The van der Waals surface area contributed by atoms with Crippen molar-refractivity contribution >= 4 is 11.8 Å². The van der Waals surface area contributed by atoms with Crippen molar-refractivity contribution in [2.24, 2.45) is 5.73 Å². The van der Waals surface area contributed by atoms with E-state index in [1.807, 2.05) is 10.8 Å². The fraction of sp³-hybridized carbons (Fsp3) is 0.667. The highest BCUT2D eigenvalue weighted by molar-refractivity contribution is 5.91. The molecule has 0 aromatic heterocycles. The van der Waals surface area contributed by atoms with E-state index in [9.17, 15) is 18.4 Å². The molecule has 0 aromatic carbocycles. The van der Waals surface area contributed by atoms with Crippen molar-refractivity contribution in [3.63, 3.8) is 0 Å². The average Bonchev–Trinajstić information content (AvgIpc) is 2.52. The molecule has 4 N–H and O–H groups in total.